The summed E-state index contributed by atoms with van der Waals surface area (Å²) in [5.41, 5.74) is 5.04. The molecular formula is C20H20N4S. The van der Waals surface area contributed by atoms with Crippen LogP contribution in [0.25, 0.3) is 15.9 Å². The van der Waals surface area contributed by atoms with Crippen molar-refractivity contribution in [1.82, 2.24) is 19.6 Å². The van der Waals surface area contributed by atoms with Crippen molar-refractivity contribution < 1.29 is 0 Å². The molecule has 1 aliphatic rings. The summed E-state index contributed by atoms with van der Waals surface area (Å²) >= 11 is 1.76. The Morgan fingerprint density at radius 1 is 1.16 bits per heavy atom. The van der Waals surface area contributed by atoms with Crippen LogP contribution in [0.2, 0.25) is 0 Å². The van der Waals surface area contributed by atoms with Gasteiger partial charge in [-0.1, -0.05) is 36.8 Å². The van der Waals surface area contributed by atoms with Gasteiger partial charge in [0.25, 0.3) is 0 Å². The fraction of sp³-hybridized carbons (Fsp3) is 0.350. The van der Waals surface area contributed by atoms with Crippen LogP contribution in [0.3, 0.4) is 0 Å². The molecule has 1 aliphatic carbocycles. The number of hydrogen-bond acceptors (Lipinski definition) is 4. The summed E-state index contributed by atoms with van der Waals surface area (Å²) in [6.07, 6.45) is 3.96. The fourth-order valence-corrected chi connectivity index (χ4v) is 4.90. The van der Waals surface area contributed by atoms with Crippen LogP contribution in [-0.4, -0.2) is 19.6 Å². The lowest BCUT2D eigenvalue weighted by atomic mass is 10.1. The normalized spacial score (nSPS) is 19.8. The van der Waals surface area contributed by atoms with Crippen molar-refractivity contribution in [3.8, 4) is 0 Å². The van der Waals surface area contributed by atoms with E-state index in [0.717, 1.165) is 29.1 Å². The molecule has 126 valence electrons. The second kappa shape index (κ2) is 5.36. The minimum atomic E-state index is 0.433. The van der Waals surface area contributed by atoms with Crippen LogP contribution in [0.5, 0.6) is 0 Å². The van der Waals surface area contributed by atoms with Gasteiger partial charge in [-0.2, -0.15) is 0 Å². The molecule has 3 aromatic heterocycles. The van der Waals surface area contributed by atoms with Crippen molar-refractivity contribution >= 4 is 27.2 Å². The second-order valence-corrected chi connectivity index (χ2v) is 8.22. The predicted molar refractivity (Wildman–Crippen MR) is 102 cm³/mol. The summed E-state index contributed by atoms with van der Waals surface area (Å²) in [6.45, 7) is 6.50. The third-order valence-electron chi connectivity index (χ3n) is 5.33. The first-order chi connectivity index (χ1) is 12.2. The van der Waals surface area contributed by atoms with Gasteiger partial charge in [0.15, 0.2) is 11.5 Å². The van der Waals surface area contributed by atoms with E-state index in [-0.39, 0.29) is 0 Å². The number of rotatable bonds is 3. The topological polar surface area (TPSA) is 43.1 Å². The molecule has 1 aromatic carbocycles. The number of aryl methyl sites for hydroxylation is 3. The Hall–Kier alpha value is -2.27. The van der Waals surface area contributed by atoms with Gasteiger partial charge in [-0.25, -0.2) is 14.5 Å². The van der Waals surface area contributed by atoms with E-state index in [1.165, 1.54) is 27.0 Å². The molecule has 5 rings (SSSR count). The molecule has 1 saturated carbocycles. The first-order valence-electron chi connectivity index (χ1n) is 8.85. The van der Waals surface area contributed by atoms with Crippen LogP contribution < -0.4 is 0 Å². The first-order valence-corrected chi connectivity index (χ1v) is 9.67. The molecule has 4 aromatic rings. The van der Waals surface area contributed by atoms with Gasteiger partial charge < -0.3 is 0 Å². The highest BCUT2D eigenvalue weighted by Gasteiger charge is 2.42. The minimum absolute atomic E-state index is 0.433. The molecule has 25 heavy (non-hydrogen) atoms. The predicted octanol–water partition coefficient (Wildman–Crippen LogP) is 4.79. The zero-order valence-corrected chi connectivity index (χ0v) is 15.5. The molecule has 4 nitrogen and oxygen atoms in total. The molecule has 0 radical (unpaired) electrons. The Morgan fingerprint density at radius 3 is 2.72 bits per heavy atom. The van der Waals surface area contributed by atoms with Gasteiger partial charge in [0.2, 0.25) is 0 Å². The standard InChI is InChI=1S/C20H20N4S/c1-4-14-12(3)25-20-17(14)19-22-18(23-24(19)10-21-20)16-9-15(16)13-7-5-11(2)6-8-13/h5-8,10,15-16H,4,9H2,1-3H3. The van der Waals surface area contributed by atoms with E-state index in [1.807, 2.05) is 10.8 Å². The van der Waals surface area contributed by atoms with Gasteiger partial charge in [0.1, 0.15) is 11.2 Å². The summed E-state index contributed by atoms with van der Waals surface area (Å²) in [6, 6.07) is 8.87. The number of hydrogen-bond donors (Lipinski definition) is 0. The van der Waals surface area contributed by atoms with Gasteiger partial charge >= 0.3 is 0 Å². The number of aromatic nitrogens is 4. The van der Waals surface area contributed by atoms with E-state index in [2.05, 4.69) is 50.0 Å². The van der Waals surface area contributed by atoms with E-state index in [0.29, 0.717) is 11.8 Å². The lowest BCUT2D eigenvalue weighted by Crippen LogP contribution is -1.91. The molecule has 0 amide bonds. The maximum Gasteiger partial charge on any atom is 0.167 e. The summed E-state index contributed by atoms with van der Waals surface area (Å²) in [5.74, 6) is 1.95. The van der Waals surface area contributed by atoms with E-state index in [1.54, 1.807) is 11.3 Å². The molecule has 0 bridgehead atoms. The van der Waals surface area contributed by atoms with Crippen molar-refractivity contribution in [3.63, 3.8) is 0 Å². The van der Waals surface area contributed by atoms with E-state index < -0.39 is 0 Å². The summed E-state index contributed by atoms with van der Waals surface area (Å²) < 4.78 is 1.87. The molecule has 3 heterocycles. The molecule has 2 atom stereocenters. The lowest BCUT2D eigenvalue weighted by Gasteiger charge is -1.99. The average molecular weight is 348 g/mol. The van der Waals surface area contributed by atoms with Crippen LogP contribution in [-0.2, 0) is 6.42 Å². The summed E-state index contributed by atoms with van der Waals surface area (Å²) in [7, 11) is 0. The van der Waals surface area contributed by atoms with Crippen LogP contribution >= 0.6 is 11.3 Å². The van der Waals surface area contributed by atoms with Crippen LogP contribution in [0, 0.1) is 13.8 Å². The highest BCUT2D eigenvalue weighted by molar-refractivity contribution is 7.18. The quantitative estimate of drug-likeness (QED) is 0.535. The Labute approximate surface area is 150 Å². The Kier molecular flexibility index (Phi) is 3.22. The highest BCUT2D eigenvalue weighted by atomic mass is 32.1. The fourth-order valence-electron chi connectivity index (χ4n) is 3.83. The van der Waals surface area contributed by atoms with Crippen molar-refractivity contribution in [1.29, 1.82) is 0 Å². The maximum absolute atomic E-state index is 4.94. The molecule has 0 spiro atoms. The van der Waals surface area contributed by atoms with Crippen LogP contribution in [0.1, 0.15) is 52.6 Å². The molecule has 0 N–H and O–H groups in total. The zero-order chi connectivity index (χ0) is 17.1. The minimum Gasteiger partial charge on any atom is -0.225 e. The largest absolute Gasteiger partial charge is 0.225 e. The Balaban J connectivity index is 1.57. The number of thiophene rings is 1. The molecule has 5 heteroatoms. The molecule has 0 saturated heterocycles. The van der Waals surface area contributed by atoms with Crippen LogP contribution in [0.15, 0.2) is 30.6 Å². The molecule has 1 fully saturated rings. The third-order valence-corrected chi connectivity index (χ3v) is 6.38. The smallest absolute Gasteiger partial charge is 0.167 e. The number of benzene rings is 1. The van der Waals surface area contributed by atoms with Crippen molar-refractivity contribution in [2.45, 2.75) is 45.4 Å². The Morgan fingerprint density at radius 2 is 1.96 bits per heavy atom. The van der Waals surface area contributed by atoms with Gasteiger partial charge in [0, 0.05) is 10.8 Å². The second-order valence-electron chi connectivity index (χ2n) is 7.01. The summed E-state index contributed by atoms with van der Waals surface area (Å²) in [4.78, 5) is 11.9. The number of fused-ring (bicyclic) bond motifs is 3. The van der Waals surface area contributed by atoms with Crippen molar-refractivity contribution in [3.05, 3.63) is 58.0 Å². The van der Waals surface area contributed by atoms with Crippen molar-refractivity contribution in [2.75, 3.05) is 0 Å². The monoisotopic (exact) mass is 348 g/mol. The van der Waals surface area contributed by atoms with Gasteiger partial charge in [0.05, 0.1) is 5.39 Å². The SMILES string of the molecule is CCc1c(C)sc2ncn3nc(C4CC4c4ccc(C)cc4)nc3c12. The van der Waals surface area contributed by atoms with Crippen LogP contribution in [0.4, 0.5) is 0 Å². The third kappa shape index (κ3) is 2.29. The molecule has 0 aliphatic heterocycles. The van der Waals surface area contributed by atoms with Gasteiger partial charge in [-0.15, -0.1) is 16.4 Å². The van der Waals surface area contributed by atoms with E-state index in [9.17, 15) is 0 Å². The van der Waals surface area contributed by atoms with Gasteiger partial charge in [-0.05, 0) is 43.7 Å². The van der Waals surface area contributed by atoms with Crippen molar-refractivity contribution in [2.24, 2.45) is 0 Å². The summed E-state index contributed by atoms with van der Waals surface area (Å²) in [5, 5.41) is 5.94. The zero-order valence-electron chi connectivity index (χ0n) is 14.7. The maximum atomic E-state index is 4.94. The van der Waals surface area contributed by atoms with Gasteiger partial charge in [-0.3, -0.25) is 0 Å². The highest BCUT2D eigenvalue weighted by Crippen LogP contribution is 2.53. The average Bonchev–Trinajstić information content (AvgIpc) is 3.17. The molecule has 2 unspecified atom stereocenters. The van der Waals surface area contributed by atoms with E-state index >= 15 is 0 Å². The first kappa shape index (κ1) is 15.0. The van der Waals surface area contributed by atoms with E-state index in [4.69, 9.17) is 10.1 Å². The number of nitrogens with zero attached hydrogens (tertiary/aromatic N) is 4. The lowest BCUT2D eigenvalue weighted by molar-refractivity contribution is 0.850. The molecular weight excluding hydrogens is 328 g/mol. The Bertz CT molecular complexity index is 1090.